The minimum absolute atomic E-state index is 0.315. The smallest absolute Gasteiger partial charge is 0.00777 e. The van der Waals surface area contributed by atoms with E-state index >= 15 is 0 Å². The molecule has 1 nitrogen and oxygen atoms in total. The number of nitrogens with one attached hydrogen (secondary N) is 1. The first-order valence-electron chi connectivity index (χ1n) is 8.37. The molecule has 0 aliphatic heterocycles. The summed E-state index contributed by atoms with van der Waals surface area (Å²) in [4.78, 5) is 0. The van der Waals surface area contributed by atoms with Crippen molar-refractivity contribution < 1.29 is 0 Å². The number of benzene rings is 1. The standard InChI is InChI=1S/C19H33N/c1-6-9-19(10-7-2,15-20-11-8-3)18-13-16(4)12-17(5)14-18/h12-14,20H,6-11,15H2,1-5H3. The monoisotopic (exact) mass is 275 g/mol. The van der Waals surface area contributed by atoms with E-state index in [0.29, 0.717) is 5.41 Å². The van der Waals surface area contributed by atoms with Crippen molar-refractivity contribution in [1.29, 1.82) is 0 Å². The second kappa shape index (κ2) is 8.46. The normalized spacial score (nSPS) is 11.8. The van der Waals surface area contributed by atoms with Crippen molar-refractivity contribution in [2.75, 3.05) is 13.1 Å². The predicted molar refractivity (Wildman–Crippen MR) is 90.6 cm³/mol. The molecule has 0 amide bonds. The van der Waals surface area contributed by atoms with Crippen LogP contribution >= 0.6 is 0 Å². The lowest BCUT2D eigenvalue weighted by Gasteiger charge is -2.35. The van der Waals surface area contributed by atoms with E-state index in [9.17, 15) is 0 Å². The van der Waals surface area contributed by atoms with Crippen LogP contribution in [0.4, 0.5) is 0 Å². The van der Waals surface area contributed by atoms with Crippen LogP contribution in [0.25, 0.3) is 0 Å². The Labute approximate surface area is 126 Å². The van der Waals surface area contributed by atoms with Crippen LogP contribution in [0, 0.1) is 13.8 Å². The summed E-state index contributed by atoms with van der Waals surface area (Å²) in [5.74, 6) is 0. The first kappa shape index (κ1) is 17.2. The maximum Gasteiger partial charge on any atom is 0.00777 e. The highest BCUT2D eigenvalue weighted by Gasteiger charge is 2.30. The Bertz CT molecular complexity index is 369. The van der Waals surface area contributed by atoms with Gasteiger partial charge in [-0.25, -0.2) is 0 Å². The lowest BCUT2D eigenvalue weighted by Crippen LogP contribution is -2.38. The van der Waals surface area contributed by atoms with Crippen molar-refractivity contribution >= 4 is 0 Å². The second-order valence-electron chi connectivity index (χ2n) is 6.33. The minimum Gasteiger partial charge on any atom is -0.316 e. The highest BCUT2D eigenvalue weighted by Crippen LogP contribution is 2.35. The third-order valence-electron chi connectivity index (χ3n) is 4.18. The van der Waals surface area contributed by atoms with Gasteiger partial charge in [0.15, 0.2) is 0 Å². The van der Waals surface area contributed by atoms with E-state index in [2.05, 4.69) is 58.1 Å². The molecule has 0 saturated carbocycles. The first-order chi connectivity index (χ1) is 9.57. The lowest BCUT2D eigenvalue weighted by atomic mass is 9.72. The van der Waals surface area contributed by atoms with E-state index in [1.165, 1.54) is 43.2 Å². The highest BCUT2D eigenvalue weighted by molar-refractivity contribution is 5.34. The zero-order chi connectivity index (χ0) is 15.0. The van der Waals surface area contributed by atoms with Crippen molar-refractivity contribution in [2.45, 2.75) is 72.1 Å². The van der Waals surface area contributed by atoms with Gasteiger partial charge in [0.1, 0.15) is 0 Å². The van der Waals surface area contributed by atoms with Gasteiger partial charge in [-0.2, -0.15) is 0 Å². The fourth-order valence-corrected chi connectivity index (χ4v) is 3.43. The van der Waals surface area contributed by atoms with Crippen molar-refractivity contribution in [3.8, 4) is 0 Å². The van der Waals surface area contributed by atoms with Crippen LogP contribution in [-0.2, 0) is 5.41 Å². The van der Waals surface area contributed by atoms with Crippen LogP contribution in [0.2, 0.25) is 0 Å². The maximum absolute atomic E-state index is 3.68. The first-order valence-corrected chi connectivity index (χ1v) is 8.37. The third-order valence-corrected chi connectivity index (χ3v) is 4.18. The molecule has 20 heavy (non-hydrogen) atoms. The van der Waals surface area contributed by atoms with Gasteiger partial charge >= 0.3 is 0 Å². The molecule has 0 spiro atoms. The van der Waals surface area contributed by atoms with E-state index in [1.807, 2.05) is 0 Å². The van der Waals surface area contributed by atoms with Crippen molar-refractivity contribution in [3.05, 3.63) is 34.9 Å². The molecule has 114 valence electrons. The molecule has 0 aliphatic rings. The van der Waals surface area contributed by atoms with Gasteiger partial charge < -0.3 is 5.32 Å². The van der Waals surface area contributed by atoms with Crippen LogP contribution in [0.15, 0.2) is 18.2 Å². The molecule has 0 fully saturated rings. The van der Waals surface area contributed by atoms with Gasteiger partial charge in [-0.05, 0) is 45.2 Å². The SMILES string of the molecule is CCCNCC(CCC)(CCC)c1cc(C)cc(C)c1. The molecule has 1 heteroatoms. The van der Waals surface area contributed by atoms with Gasteiger partial charge in [0.2, 0.25) is 0 Å². The Hall–Kier alpha value is -0.820. The summed E-state index contributed by atoms with van der Waals surface area (Å²) in [6, 6.07) is 7.10. The zero-order valence-electron chi connectivity index (χ0n) is 14.2. The third kappa shape index (κ3) is 4.63. The average Bonchev–Trinajstić information content (AvgIpc) is 2.38. The largest absolute Gasteiger partial charge is 0.316 e. The van der Waals surface area contributed by atoms with Crippen molar-refractivity contribution in [3.63, 3.8) is 0 Å². The Morgan fingerprint density at radius 3 is 1.85 bits per heavy atom. The maximum atomic E-state index is 3.68. The summed E-state index contributed by atoms with van der Waals surface area (Å²) >= 11 is 0. The van der Waals surface area contributed by atoms with Gasteiger partial charge in [0.05, 0.1) is 0 Å². The fraction of sp³-hybridized carbons (Fsp3) is 0.684. The van der Waals surface area contributed by atoms with Gasteiger partial charge in [0.25, 0.3) is 0 Å². The Morgan fingerprint density at radius 1 is 0.850 bits per heavy atom. The quantitative estimate of drug-likeness (QED) is 0.615. The molecule has 1 rings (SSSR count). The second-order valence-corrected chi connectivity index (χ2v) is 6.33. The average molecular weight is 275 g/mol. The Balaban J connectivity index is 3.10. The molecule has 1 aromatic carbocycles. The fourth-order valence-electron chi connectivity index (χ4n) is 3.43. The molecule has 0 bridgehead atoms. The molecule has 0 heterocycles. The van der Waals surface area contributed by atoms with E-state index in [0.717, 1.165) is 13.1 Å². The molecule has 0 aromatic heterocycles. The topological polar surface area (TPSA) is 12.0 Å². The van der Waals surface area contributed by atoms with Gasteiger partial charge in [0, 0.05) is 12.0 Å². The van der Waals surface area contributed by atoms with Crippen LogP contribution in [0.1, 0.15) is 69.6 Å². The molecule has 0 saturated heterocycles. The van der Waals surface area contributed by atoms with Crippen LogP contribution < -0.4 is 5.32 Å². The Kier molecular flexibility index (Phi) is 7.29. The summed E-state index contributed by atoms with van der Waals surface area (Å²) in [5.41, 5.74) is 4.65. The van der Waals surface area contributed by atoms with E-state index in [-0.39, 0.29) is 0 Å². The summed E-state index contributed by atoms with van der Waals surface area (Å²) in [6.45, 7) is 13.5. The van der Waals surface area contributed by atoms with E-state index in [4.69, 9.17) is 0 Å². The van der Waals surface area contributed by atoms with Crippen molar-refractivity contribution in [2.24, 2.45) is 0 Å². The van der Waals surface area contributed by atoms with E-state index in [1.54, 1.807) is 5.56 Å². The molecule has 0 unspecified atom stereocenters. The number of aryl methyl sites for hydroxylation is 2. The molecular weight excluding hydrogens is 242 g/mol. The van der Waals surface area contributed by atoms with Crippen LogP contribution in [-0.4, -0.2) is 13.1 Å². The van der Waals surface area contributed by atoms with E-state index < -0.39 is 0 Å². The van der Waals surface area contributed by atoms with Crippen LogP contribution in [0.3, 0.4) is 0 Å². The summed E-state index contributed by atoms with van der Waals surface area (Å²) in [7, 11) is 0. The lowest BCUT2D eigenvalue weighted by molar-refractivity contribution is 0.335. The minimum atomic E-state index is 0.315. The molecule has 0 atom stereocenters. The van der Waals surface area contributed by atoms with Gasteiger partial charge in [-0.1, -0.05) is 62.9 Å². The molecule has 1 N–H and O–H groups in total. The van der Waals surface area contributed by atoms with Crippen LogP contribution in [0.5, 0.6) is 0 Å². The van der Waals surface area contributed by atoms with Gasteiger partial charge in [-0.3, -0.25) is 0 Å². The summed E-state index contributed by atoms with van der Waals surface area (Å²) in [5, 5.41) is 3.68. The molecular formula is C19H33N. The molecule has 0 aliphatic carbocycles. The Morgan fingerprint density at radius 2 is 1.40 bits per heavy atom. The highest BCUT2D eigenvalue weighted by atomic mass is 14.9. The molecule has 0 radical (unpaired) electrons. The van der Waals surface area contributed by atoms with Gasteiger partial charge in [-0.15, -0.1) is 0 Å². The number of hydrogen-bond donors (Lipinski definition) is 1. The summed E-state index contributed by atoms with van der Waals surface area (Å²) in [6.07, 6.45) is 6.27. The predicted octanol–water partition coefficient (Wildman–Crippen LogP) is 5.14. The van der Waals surface area contributed by atoms with Crippen molar-refractivity contribution in [1.82, 2.24) is 5.32 Å². The number of hydrogen-bond acceptors (Lipinski definition) is 1. The zero-order valence-corrected chi connectivity index (χ0v) is 14.2. The number of rotatable bonds is 9. The molecule has 1 aromatic rings. The summed E-state index contributed by atoms with van der Waals surface area (Å²) < 4.78 is 0.